The first kappa shape index (κ1) is 15.6. The number of carbonyl (C=O) groups is 1. The largest absolute Gasteiger partial charge is 0.444 e. The summed E-state index contributed by atoms with van der Waals surface area (Å²) < 4.78 is 5.10. The third kappa shape index (κ3) is 3.89. The third-order valence-electron chi connectivity index (χ3n) is 3.44. The van der Waals surface area contributed by atoms with Crippen LogP contribution in [0.25, 0.3) is 11.3 Å². The van der Waals surface area contributed by atoms with E-state index in [0.29, 0.717) is 5.69 Å². The molecule has 0 radical (unpaired) electrons. The first-order valence-corrected chi connectivity index (χ1v) is 7.49. The number of hydrogen-bond acceptors (Lipinski definition) is 3. The second-order valence-corrected chi connectivity index (χ2v) is 5.17. The minimum Gasteiger partial charge on any atom is -0.444 e. The Morgan fingerprint density at radius 2 is 1.58 bits per heavy atom. The standard InChI is InChI=1S/C19H16N2O3/c22-18-17(12-11-16(20-18)15-9-5-2-6-10-15)21-19(23)24-13-14-7-3-1-4-8-14/h1-12H,13H2,(H,20,22)(H,21,23). The van der Waals surface area contributed by atoms with Gasteiger partial charge in [-0.05, 0) is 23.3 Å². The summed E-state index contributed by atoms with van der Waals surface area (Å²) in [6.45, 7) is 0.146. The van der Waals surface area contributed by atoms with Crippen molar-refractivity contribution in [3.05, 3.63) is 88.7 Å². The average Bonchev–Trinajstić information content (AvgIpc) is 2.63. The molecule has 0 atom stereocenters. The minimum absolute atomic E-state index is 0.146. The van der Waals surface area contributed by atoms with Crippen LogP contribution < -0.4 is 10.9 Å². The summed E-state index contributed by atoms with van der Waals surface area (Å²) in [6, 6.07) is 22.1. The lowest BCUT2D eigenvalue weighted by atomic mass is 10.1. The lowest BCUT2D eigenvalue weighted by Crippen LogP contribution is -2.20. The normalized spacial score (nSPS) is 10.2. The fourth-order valence-electron chi connectivity index (χ4n) is 2.23. The number of nitrogens with one attached hydrogen (secondary N) is 2. The molecule has 1 heterocycles. The number of ether oxygens (including phenoxy) is 1. The van der Waals surface area contributed by atoms with E-state index in [2.05, 4.69) is 10.3 Å². The smallest absolute Gasteiger partial charge is 0.412 e. The van der Waals surface area contributed by atoms with E-state index in [9.17, 15) is 9.59 Å². The number of rotatable bonds is 4. The third-order valence-corrected chi connectivity index (χ3v) is 3.44. The quantitative estimate of drug-likeness (QED) is 0.768. The molecule has 0 aliphatic heterocycles. The van der Waals surface area contributed by atoms with Gasteiger partial charge in [-0.15, -0.1) is 0 Å². The van der Waals surface area contributed by atoms with E-state index in [-0.39, 0.29) is 17.9 Å². The summed E-state index contributed by atoms with van der Waals surface area (Å²) in [5, 5.41) is 2.45. The summed E-state index contributed by atoms with van der Waals surface area (Å²) in [5.41, 5.74) is 2.22. The van der Waals surface area contributed by atoms with Crippen molar-refractivity contribution in [3.8, 4) is 11.3 Å². The Hall–Kier alpha value is -3.34. The molecular formula is C19H16N2O3. The highest BCUT2D eigenvalue weighted by molar-refractivity contribution is 5.84. The van der Waals surface area contributed by atoms with E-state index >= 15 is 0 Å². The van der Waals surface area contributed by atoms with Gasteiger partial charge in [0.1, 0.15) is 12.3 Å². The fourth-order valence-corrected chi connectivity index (χ4v) is 2.23. The number of H-pyrrole nitrogens is 1. The van der Waals surface area contributed by atoms with Gasteiger partial charge in [0.15, 0.2) is 0 Å². The van der Waals surface area contributed by atoms with Crippen LogP contribution in [0.1, 0.15) is 5.56 Å². The van der Waals surface area contributed by atoms with Gasteiger partial charge in [-0.1, -0.05) is 60.7 Å². The van der Waals surface area contributed by atoms with Gasteiger partial charge >= 0.3 is 6.09 Å². The number of benzene rings is 2. The Morgan fingerprint density at radius 3 is 2.25 bits per heavy atom. The number of pyridine rings is 1. The molecule has 2 N–H and O–H groups in total. The summed E-state index contributed by atoms with van der Waals surface area (Å²) in [6.07, 6.45) is -0.670. The van der Waals surface area contributed by atoms with E-state index < -0.39 is 6.09 Å². The summed E-state index contributed by atoms with van der Waals surface area (Å²) in [5.74, 6) is 0. The van der Waals surface area contributed by atoms with Crippen LogP contribution in [-0.2, 0) is 11.3 Å². The van der Waals surface area contributed by atoms with E-state index in [4.69, 9.17) is 4.74 Å². The molecule has 1 amide bonds. The molecule has 24 heavy (non-hydrogen) atoms. The van der Waals surface area contributed by atoms with Crippen molar-refractivity contribution in [1.29, 1.82) is 0 Å². The van der Waals surface area contributed by atoms with Crippen molar-refractivity contribution in [2.24, 2.45) is 0 Å². The van der Waals surface area contributed by atoms with Crippen molar-refractivity contribution in [2.45, 2.75) is 6.61 Å². The minimum atomic E-state index is -0.670. The van der Waals surface area contributed by atoms with Crippen LogP contribution >= 0.6 is 0 Å². The van der Waals surface area contributed by atoms with E-state index in [1.807, 2.05) is 60.7 Å². The number of carbonyl (C=O) groups excluding carboxylic acids is 1. The Balaban J connectivity index is 1.65. The van der Waals surface area contributed by atoms with Gasteiger partial charge < -0.3 is 9.72 Å². The van der Waals surface area contributed by atoms with Crippen LogP contribution in [-0.4, -0.2) is 11.1 Å². The van der Waals surface area contributed by atoms with Gasteiger partial charge in [-0.2, -0.15) is 0 Å². The molecular weight excluding hydrogens is 304 g/mol. The molecule has 0 spiro atoms. The van der Waals surface area contributed by atoms with Crippen molar-refractivity contribution in [1.82, 2.24) is 4.98 Å². The molecule has 5 heteroatoms. The van der Waals surface area contributed by atoms with Crippen molar-refractivity contribution < 1.29 is 9.53 Å². The van der Waals surface area contributed by atoms with Gasteiger partial charge in [0.05, 0.1) is 0 Å². The molecule has 0 unspecified atom stereocenters. The molecule has 2 aromatic carbocycles. The zero-order valence-corrected chi connectivity index (χ0v) is 12.9. The maximum atomic E-state index is 12.1. The van der Waals surface area contributed by atoms with Crippen LogP contribution in [0.4, 0.5) is 10.5 Å². The molecule has 0 aliphatic carbocycles. The Labute approximate surface area is 138 Å². The number of aromatic amines is 1. The molecule has 0 aliphatic rings. The SMILES string of the molecule is O=C(Nc1ccc(-c2ccccc2)[nH]c1=O)OCc1ccccc1. The number of hydrogen-bond donors (Lipinski definition) is 2. The fraction of sp³-hybridized carbons (Fsp3) is 0.0526. The van der Waals surface area contributed by atoms with Crippen molar-refractivity contribution in [3.63, 3.8) is 0 Å². The topological polar surface area (TPSA) is 71.2 Å². The van der Waals surface area contributed by atoms with Crippen LogP contribution in [0.15, 0.2) is 77.6 Å². The molecule has 0 saturated heterocycles. The second kappa shape index (κ2) is 7.28. The maximum Gasteiger partial charge on any atom is 0.412 e. The van der Waals surface area contributed by atoms with Gasteiger partial charge in [-0.3, -0.25) is 10.1 Å². The Kier molecular flexibility index (Phi) is 4.72. The molecule has 1 aromatic heterocycles. The zero-order chi connectivity index (χ0) is 16.8. The van der Waals surface area contributed by atoms with Crippen LogP contribution in [0, 0.1) is 0 Å². The number of amides is 1. The summed E-state index contributed by atoms with van der Waals surface area (Å²) in [4.78, 5) is 26.6. The summed E-state index contributed by atoms with van der Waals surface area (Å²) in [7, 11) is 0. The van der Waals surface area contributed by atoms with Crippen molar-refractivity contribution in [2.75, 3.05) is 5.32 Å². The molecule has 3 aromatic rings. The predicted octanol–water partition coefficient (Wildman–Crippen LogP) is 3.79. The van der Waals surface area contributed by atoms with E-state index in [1.54, 1.807) is 12.1 Å². The first-order valence-electron chi connectivity index (χ1n) is 7.49. The van der Waals surface area contributed by atoms with E-state index in [1.165, 1.54) is 0 Å². The Bertz CT molecular complexity index is 874. The van der Waals surface area contributed by atoms with Gasteiger partial charge in [0, 0.05) is 5.69 Å². The van der Waals surface area contributed by atoms with Crippen LogP contribution in [0.2, 0.25) is 0 Å². The Morgan fingerprint density at radius 1 is 0.917 bits per heavy atom. The van der Waals surface area contributed by atoms with Gasteiger partial charge in [-0.25, -0.2) is 4.79 Å². The number of aromatic nitrogens is 1. The van der Waals surface area contributed by atoms with E-state index in [0.717, 1.165) is 11.1 Å². The van der Waals surface area contributed by atoms with Crippen LogP contribution in [0.3, 0.4) is 0 Å². The highest BCUT2D eigenvalue weighted by atomic mass is 16.5. The molecule has 0 saturated carbocycles. The molecule has 5 nitrogen and oxygen atoms in total. The average molecular weight is 320 g/mol. The molecule has 3 rings (SSSR count). The first-order chi connectivity index (χ1) is 11.7. The molecule has 0 bridgehead atoms. The molecule has 0 fully saturated rings. The highest BCUT2D eigenvalue weighted by Gasteiger charge is 2.08. The maximum absolute atomic E-state index is 12.1. The predicted molar refractivity (Wildman–Crippen MR) is 92.7 cm³/mol. The van der Waals surface area contributed by atoms with Crippen LogP contribution in [0.5, 0.6) is 0 Å². The van der Waals surface area contributed by atoms with Gasteiger partial charge in [0.2, 0.25) is 0 Å². The second-order valence-electron chi connectivity index (χ2n) is 5.17. The lowest BCUT2D eigenvalue weighted by Gasteiger charge is -2.07. The molecule has 120 valence electrons. The van der Waals surface area contributed by atoms with Crippen molar-refractivity contribution >= 4 is 11.8 Å². The van der Waals surface area contributed by atoms with Gasteiger partial charge in [0.25, 0.3) is 5.56 Å². The lowest BCUT2D eigenvalue weighted by molar-refractivity contribution is 0.155. The summed E-state index contributed by atoms with van der Waals surface area (Å²) >= 11 is 0. The highest BCUT2D eigenvalue weighted by Crippen LogP contribution is 2.15. The number of anilines is 1. The monoisotopic (exact) mass is 320 g/mol. The zero-order valence-electron chi connectivity index (χ0n) is 12.9.